The molecule has 1 N–H and O–H groups in total. The number of hydrogen-bond donors (Lipinski definition) is 1. The highest BCUT2D eigenvalue weighted by atomic mass is 19.1. The summed E-state index contributed by atoms with van der Waals surface area (Å²) in [6.07, 6.45) is 3.91. The van der Waals surface area contributed by atoms with Crippen LogP contribution in [-0.2, 0) is 0 Å². The molecule has 3 aromatic rings. The molecule has 0 aliphatic rings. The van der Waals surface area contributed by atoms with Crippen molar-refractivity contribution in [2.24, 2.45) is 0 Å². The number of rotatable bonds is 5. The number of benzene rings is 2. The molecule has 0 bridgehead atoms. The maximum Gasteiger partial charge on any atom is 0.129 e. The first-order chi connectivity index (χ1) is 11.1. The Labute approximate surface area is 131 Å². The molecule has 1 atom stereocenters. The fraction of sp³-hybridized carbons (Fsp3) is 0.118. The molecule has 0 amide bonds. The summed E-state index contributed by atoms with van der Waals surface area (Å²) in [6.45, 7) is -0.176. The minimum atomic E-state index is -1.25. The van der Waals surface area contributed by atoms with Crippen molar-refractivity contribution in [1.29, 1.82) is 0 Å². The van der Waals surface area contributed by atoms with Crippen LogP contribution in [0.1, 0.15) is 11.7 Å². The molecule has 118 valence electrons. The van der Waals surface area contributed by atoms with Gasteiger partial charge in [-0.15, -0.1) is 0 Å². The molecular weight excluding hydrogens is 302 g/mol. The van der Waals surface area contributed by atoms with E-state index in [1.807, 2.05) is 22.9 Å². The Balaban J connectivity index is 1.65. The third-order valence-corrected chi connectivity index (χ3v) is 3.36. The van der Waals surface area contributed by atoms with Crippen LogP contribution in [-0.4, -0.2) is 21.3 Å². The standard InChI is InChI=1S/C17H14F2N2O2/c18-12-1-6-16(19)15(9-12)17(22)10-23-14-4-2-13(3-5-14)21-8-7-20-11-21/h1-9,11,17,22H,10H2. The van der Waals surface area contributed by atoms with Gasteiger partial charge in [0.1, 0.15) is 30.1 Å². The van der Waals surface area contributed by atoms with Crippen LogP contribution in [0.3, 0.4) is 0 Å². The van der Waals surface area contributed by atoms with Crippen LogP contribution in [0.5, 0.6) is 5.75 Å². The largest absolute Gasteiger partial charge is 0.491 e. The number of ether oxygens (including phenoxy) is 1. The molecule has 0 aliphatic carbocycles. The molecule has 1 unspecified atom stereocenters. The smallest absolute Gasteiger partial charge is 0.129 e. The van der Waals surface area contributed by atoms with Gasteiger partial charge in [0.05, 0.1) is 6.33 Å². The van der Waals surface area contributed by atoms with E-state index in [9.17, 15) is 13.9 Å². The molecule has 0 saturated heterocycles. The molecule has 4 nitrogen and oxygen atoms in total. The van der Waals surface area contributed by atoms with Gasteiger partial charge >= 0.3 is 0 Å². The molecule has 0 fully saturated rings. The highest BCUT2D eigenvalue weighted by molar-refractivity contribution is 5.37. The Morgan fingerprint density at radius 1 is 1.13 bits per heavy atom. The summed E-state index contributed by atoms with van der Waals surface area (Å²) < 4.78 is 33.9. The molecule has 1 heterocycles. The highest BCUT2D eigenvalue weighted by Gasteiger charge is 2.14. The summed E-state index contributed by atoms with van der Waals surface area (Å²) in [7, 11) is 0. The van der Waals surface area contributed by atoms with E-state index in [0.717, 1.165) is 23.9 Å². The van der Waals surface area contributed by atoms with E-state index in [2.05, 4.69) is 4.98 Å². The average molecular weight is 316 g/mol. The Hall–Kier alpha value is -2.73. The monoisotopic (exact) mass is 316 g/mol. The Morgan fingerprint density at radius 2 is 1.91 bits per heavy atom. The van der Waals surface area contributed by atoms with Crippen molar-refractivity contribution in [3.05, 3.63) is 78.4 Å². The van der Waals surface area contributed by atoms with Crippen molar-refractivity contribution < 1.29 is 18.6 Å². The van der Waals surface area contributed by atoms with Gasteiger partial charge in [-0.2, -0.15) is 0 Å². The van der Waals surface area contributed by atoms with E-state index in [-0.39, 0.29) is 12.2 Å². The van der Waals surface area contributed by atoms with Gasteiger partial charge in [-0.25, -0.2) is 13.8 Å². The summed E-state index contributed by atoms with van der Waals surface area (Å²) >= 11 is 0. The molecule has 2 aromatic carbocycles. The molecule has 0 radical (unpaired) electrons. The van der Waals surface area contributed by atoms with Crippen LogP contribution in [0.15, 0.2) is 61.2 Å². The van der Waals surface area contributed by atoms with Gasteiger partial charge in [0.25, 0.3) is 0 Å². The molecule has 3 rings (SSSR count). The van der Waals surface area contributed by atoms with Crippen LogP contribution >= 0.6 is 0 Å². The van der Waals surface area contributed by atoms with E-state index in [0.29, 0.717) is 5.75 Å². The van der Waals surface area contributed by atoms with Crippen molar-refractivity contribution in [3.8, 4) is 11.4 Å². The van der Waals surface area contributed by atoms with Crippen LogP contribution in [0.25, 0.3) is 5.69 Å². The lowest BCUT2D eigenvalue weighted by atomic mass is 10.1. The number of halogens is 2. The Kier molecular flexibility index (Phi) is 4.34. The summed E-state index contributed by atoms with van der Waals surface area (Å²) in [4.78, 5) is 3.96. The number of nitrogens with zero attached hydrogens (tertiary/aromatic N) is 2. The minimum absolute atomic E-state index is 0.125. The first-order valence-electron chi connectivity index (χ1n) is 6.98. The number of aliphatic hydroxyl groups excluding tert-OH is 1. The van der Waals surface area contributed by atoms with Crippen LogP contribution in [0, 0.1) is 11.6 Å². The fourth-order valence-electron chi connectivity index (χ4n) is 2.16. The number of imidazole rings is 1. The maximum atomic E-state index is 13.6. The zero-order valence-corrected chi connectivity index (χ0v) is 12.1. The van der Waals surface area contributed by atoms with E-state index in [4.69, 9.17) is 4.74 Å². The first-order valence-corrected chi connectivity index (χ1v) is 6.98. The van der Waals surface area contributed by atoms with E-state index >= 15 is 0 Å². The molecule has 0 saturated carbocycles. The molecule has 23 heavy (non-hydrogen) atoms. The van der Waals surface area contributed by atoms with Gasteiger partial charge in [-0.05, 0) is 42.5 Å². The third-order valence-electron chi connectivity index (χ3n) is 3.36. The lowest BCUT2D eigenvalue weighted by Crippen LogP contribution is -2.11. The zero-order chi connectivity index (χ0) is 16.2. The van der Waals surface area contributed by atoms with Gasteiger partial charge in [-0.1, -0.05) is 0 Å². The minimum Gasteiger partial charge on any atom is -0.491 e. The van der Waals surface area contributed by atoms with Gasteiger partial charge in [-0.3, -0.25) is 0 Å². The molecule has 6 heteroatoms. The summed E-state index contributed by atoms with van der Waals surface area (Å²) in [5, 5.41) is 9.95. The Bertz CT molecular complexity index is 774. The van der Waals surface area contributed by atoms with Gasteiger partial charge in [0.2, 0.25) is 0 Å². The lowest BCUT2D eigenvalue weighted by molar-refractivity contribution is 0.104. The predicted molar refractivity (Wildman–Crippen MR) is 80.4 cm³/mol. The van der Waals surface area contributed by atoms with Crippen molar-refractivity contribution in [3.63, 3.8) is 0 Å². The van der Waals surface area contributed by atoms with E-state index in [1.165, 1.54) is 0 Å². The van der Waals surface area contributed by atoms with Crippen molar-refractivity contribution in [2.45, 2.75) is 6.10 Å². The number of hydrogen-bond acceptors (Lipinski definition) is 3. The van der Waals surface area contributed by atoms with Crippen molar-refractivity contribution in [2.75, 3.05) is 6.61 Å². The highest BCUT2D eigenvalue weighted by Crippen LogP contribution is 2.21. The van der Waals surface area contributed by atoms with Crippen LogP contribution in [0.4, 0.5) is 8.78 Å². The normalized spacial score (nSPS) is 12.1. The van der Waals surface area contributed by atoms with Gasteiger partial charge in [0.15, 0.2) is 0 Å². The fourth-order valence-corrected chi connectivity index (χ4v) is 2.16. The van der Waals surface area contributed by atoms with Gasteiger partial charge < -0.3 is 14.4 Å². The van der Waals surface area contributed by atoms with E-state index < -0.39 is 17.7 Å². The first kappa shape index (κ1) is 15.2. The van der Waals surface area contributed by atoms with Crippen molar-refractivity contribution >= 4 is 0 Å². The maximum absolute atomic E-state index is 13.6. The lowest BCUT2D eigenvalue weighted by Gasteiger charge is -2.14. The Morgan fingerprint density at radius 3 is 2.61 bits per heavy atom. The topological polar surface area (TPSA) is 47.3 Å². The molecule has 1 aromatic heterocycles. The number of aliphatic hydroxyl groups is 1. The van der Waals surface area contributed by atoms with Crippen LogP contribution < -0.4 is 4.74 Å². The summed E-state index contributed by atoms with van der Waals surface area (Å²) in [5.74, 6) is -0.757. The third kappa shape index (κ3) is 3.54. The second kappa shape index (κ2) is 6.58. The molecule has 0 spiro atoms. The van der Waals surface area contributed by atoms with E-state index in [1.54, 1.807) is 24.7 Å². The summed E-state index contributed by atoms with van der Waals surface area (Å²) in [6, 6.07) is 10.0. The second-order valence-corrected chi connectivity index (χ2v) is 4.96. The van der Waals surface area contributed by atoms with Gasteiger partial charge in [0, 0.05) is 23.6 Å². The second-order valence-electron chi connectivity index (χ2n) is 4.96. The molecular formula is C17H14F2N2O2. The zero-order valence-electron chi connectivity index (χ0n) is 12.1. The van der Waals surface area contributed by atoms with Crippen LogP contribution in [0.2, 0.25) is 0 Å². The quantitative estimate of drug-likeness (QED) is 0.786. The average Bonchev–Trinajstić information content (AvgIpc) is 3.10. The summed E-state index contributed by atoms with van der Waals surface area (Å²) in [5.41, 5.74) is 0.784. The number of aromatic nitrogens is 2. The van der Waals surface area contributed by atoms with Crippen molar-refractivity contribution in [1.82, 2.24) is 9.55 Å². The molecule has 0 aliphatic heterocycles. The predicted octanol–water partition coefficient (Wildman–Crippen LogP) is 3.26. The SMILES string of the molecule is OC(COc1ccc(-n2ccnc2)cc1)c1cc(F)ccc1F.